The molecule has 0 aliphatic rings. The second kappa shape index (κ2) is 10.4. The van der Waals surface area contributed by atoms with Crippen molar-refractivity contribution in [3.05, 3.63) is 108 Å². The fraction of sp³-hybridized carbons (Fsp3) is 0.268. The molecule has 3 aromatic heterocycles. The van der Waals surface area contributed by atoms with Crippen LogP contribution in [-0.4, -0.2) is 19.5 Å². The third kappa shape index (κ3) is 5.03. The van der Waals surface area contributed by atoms with Crippen LogP contribution in [0.5, 0.6) is 0 Å². The van der Waals surface area contributed by atoms with Crippen LogP contribution in [0.2, 0.25) is 0 Å². The minimum Gasteiger partial charge on any atom is -0.354 e. The predicted octanol–water partition coefficient (Wildman–Crippen LogP) is 11.2. The lowest BCUT2D eigenvalue weighted by molar-refractivity contribution is 0.589. The Labute approximate surface area is 266 Å². The van der Waals surface area contributed by atoms with Crippen LogP contribution in [0.4, 0.5) is 0 Å². The summed E-state index contributed by atoms with van der Waals surface area (Å²) in [6.07, 6.45) is 1.93. The predicted molar refractivity (Wildman–Crippen MR) is 191 cm³/mol. The third-order valence-corrected chi connectivity index (χ3v) is 9.05. The first-order valence-electron chi connectivity index (χ1n) is 16.0. The number of aromatic amines is 1. The van der Waals surface area contributed by atoms with E-state index < -0.39 is 0 Å². The molecule has 7 aromatic rings. The van der Waals surface area contributed by atoms with Crippen molar-refractivity contribution < 1.29 is 0 Å². The number of aromatic nitrogens is 4. The number of hydrogen-bond acceptors (Lipinski definition) is 2. The number of hydrogen-bond donors (Lipinski definition) is 1. The highest BCUT2D eigenvalue weighted by atomic mass is 15.1. The fourth-order valence-electron chi connectivity index (χ4n) is 6.52. The molecule has 4 nitrogen and oxygen atoms in total. The van der Waals surface area contributed by atoms with Gasteiger partial charge in [-0.25, -0.2) is 4.98 Å². The molecule has 7 rings (SSSR count). The van der Waals surface area contributed by atoms with Gasteiger partial charge in [-0.05, 0) is 83.8 Å². The summed E-state index contributed by atoms with van der Waals surface area (Å²) in [5.74, 6) is 0.991. The van der Waals surface area contributed by atoms with E-state index in [0.29, 0.717) is 0 Å². The van der Waals surface area contributed by atoms with E-state index in [4.69, 9.17) is 9.97 Å². The van der Waals surface area contributed by atoms with Crippen molar-refractivity contribution in [2.24, 2.45) is 0 Å². The van der Waals surface area contributed by atoms with E-state index in [-0.39, 0.29) is 16.9 Å². The highest BCUT2D eigenvalue weighted by molar-refractivity contribution is 6.12. The van der Waals surface area contributed by atoms with Crippen molar-refractivity contribution >= 4 is 32.8 Å². The monoisotopic (exact) mass is 590 g/mol. The maximum absolute atomic E-state index is 5.50. The lowest BCUT2D eigenvalue weighted by atomic mass is 9.85. The highest BCUT2D eigenvalue weighted by Gasteiger charge is 2.24. The molecule has 4 heteroatoms. The summed E-state index contributed by atoms with van der Waals surface area (Å²) in [6, 6.07) is 33.2. The maximum Gasteiger partial charge on any atom is 0.143 e. The molecule has 0 bridgehead atoms. The van der Waals surface area contributed by atoms with Gasteiger partial charge in [-0.3, -0.25) is 4.98 Å². The van der Waals surface area contributed by atoms with Crippen LogP contribution in [0.15, 0.2) is 97.2 Å². The minimum absolute atomic E-state index is 0.0140. The zero-order valence-electron chi connectivity index (χ0n) is 27.7. The largest absolute Gasteiger partial charge is 0.354 e. The van der Waals surface area contributed by atoms with E-state index in [1.165, 1.54) is 21.9 Å². The molecule has 0 amide bonds. The van der Waals surface area contributed by atoms with E-state index in [2.05, 4.69) is 156 Å². The van der Waals surface area contributed by atoms with Gasteiger partial charge in [0.1, 0.15) is 5.82 Å². The normalized spacial score (nSPS) is 12.6. The van der Waals surface area contributed by atoms with Crippen molar-refractivity contribution in [1.29, 1.82) is 0 Å². The van der Waals surface area contributed by atoms with E-state index in [9.17, 15) is 0 Å². The van der Waals surface area contributed by atoms with Gasteiger partial charge in [0, 0.05) is 45.2 Å². The summed E-state index contributed by atoms with van der Waals surface area (Å²) in [5.41, 5.74) is 12.6. The van der Waals surface area contributed by atoms with Crippen LogP contribution < -0.4 is 0 Å². The average Bonchev–Trinajstić information content (AvgIpc) is 3.59. The molecule has 0 fully saturated rings. The van der Waals surface area contributed by atoms with Crippen molar-refractivity contribution in [1.82, 2.24) is 19.5 Å². The van der Waals surface area contributed by atoms with Crippen LogP contribution in [0.3, 0.4) is 0 Å². The van der Waals surface area contributed by atoms with Gasteiger partial charge in [-0.15, -0.1) is 0 Å². The van der Waals surface area contributed by atoms with Gasteiger partial charge in [0.05, 0.1) is 22.2 Å². The van der Waals surface area contributed by atoms with Crippen LogP contribution in [0.25, 0.3) is 66.6 Å². The number of rotatable bonds is 4. The smallest absolute Gasteiger partial charge is 0.143 e. The van der Waals surface area contributed by atoms with Crippen molar-refractivity contribution in [3.63, 3.8) is 0 Å². The number of fused-ring (bicyclic) bond motifs is 4. The molecule has 4 aromatic carbocycles. The number of para-hydroxylation sites is 2. The van der Waals surface area contributed by atoms with Crippen molar-refractivity contribution in [3.8, 4) is 33.8 Å². The first-order chi connectivity index (χ1) is 21.4. The Kier molecular flexibility index (Phi) is 6.74. The Bertz CT molecular complexity index is 2210. The molecule has 0 spiro atoms. The second-order valence-corrected chi connectivity index (χ2v) is 14.7. The van der Waals surface area contributed by atoms with Gasteiger partial charge in [0.15, 0.2) is 0 Å². The molecule has 0 saturated heterocycles. The molecule has 0 atom stereocenters. The summed E-state index contributed by atoms with van der Waals surface area (Å²) in [5, 5.41) is 2.49. The van der Waals surface area contributed by atoms with Crippen LogP contribution in [0, 0.1) is 0 Å². The SMILES string of the molecule is CC(C)n1c(-c2cc(C(C)(C)C)cc3c2[nH]c2ccccc23)nc2c(-c3cccc(-c4cc(C(C)(C)C)ccn4)c3)cccc21. The van der Waals surface area contributed by atoms with E-state index in [1.54, 1.807) is 0 Å². The minimum atomic E-state index is -0.0140. The topological polar surface area (TPSA) is 46.5 Å². The molecular weight excluding hydrogens is 548 g/mol. The summed E-state index contributed by atoms with van der Waals surface area (Å²) < 4.78 is 2.41. The number of H-pyrrole nitrogens is 1. The van der Waals surface area contributed by atoms with Crippen LogP contribution in [-0.2, 0) is 10.8 Å². The zero-order valence-corrected chi connectivity index (χ0v) is 27.7. The van der Waals surface area contributed by atoms with Gasteiger partial charge in [-0.1, -0.05) is 90.1 Å². The lowest BCUT2D eigenvalue weighted by Crippen LogP contribution is -2.11. The van der Waals surface area contributed by atoms with Gasteiger partial charge < -0.3 is 9.55 Å². The van der Waals surface area contributed by atoms with Gasteiger partial charge >= 0.3 is 0 Å². The fourth-order valence-corrected chi connectivity index (χ4v) is 6.52. The molecule has 0 unspecified atom stereocenters. The Morgan fingerprint density at radius 3 is 2.16 bits per heavy atom. The number of benzene rings is 4. The standard InChI is InChI=1S/C41H42N4/c1-25(2)45-36-18-12-16-30(26-13-11-14-27(21-26)35-24-28(19-20-42-35)40(3,4)5)38(36)44-39(45)33-23-29(41(6,7)8)22-32-31-15-9-10-17-34(31)43-37(32)33/h9-25,43H,1-8H3. The summed E-state index contributed by atoms with van der Waals surface area (Å²) in [6.45, 7) is 18.1. The number of nitrogens with zero attached hydrogens (tertiary/aromatic N) is 3. The Morgan fingerprint density at radius 2 is 1.40 bits per heavy atom. The quantitative estimate of drug-likeness (QED) is 0.222. The Balaban J connectivity index is 1.46. The summed E-state index contributed by atoms with van der Waals surface area (Å²) in [4.78, 5) is 14.0. The lowest BCUT2D eigenvalue weighted by Gasteiger charge is -2.21. The summed E-state index contributed by atoms with van der Waals surface area (Å²) >= 11 is 0. The van der Waals surface area contributed by atoms with Gasteiger partial charge in [0.2, 0.25) is 0 Å². The molecule has 0 radical (unpaired) electrons. The molecule has 226 valence electrons. The van der Waals surface area contributed by atoms with E-state index in [0.717, 1.165) is 55.8 Å². The highest BCUT2D eigenvalue weighted by Crippen LogP contribution is 2.41. The molecule has 0 saturated carbocycles. The number of pyridine rings is 1. The van der Waals surface area contributed by atoms with Crippen LogP contribution in [0.1, 0.15) is 72.6 Å². The first kappa shape index (κ1) is 29.0. The third-order valence-electron chi connectivity index (χ3n) is 9.05. The average molecular weight is 591 g/mol. The molecule has 1 N–H and O–H groups in total. The second-order valence-electron chi connectivity index (χ2n) is 14.7. The van der Waals surface area contributed by atoms with Gasteiger partial charge in [-0.2, -0.15) is 0 Å². The molecule has 3 heterocycles. The molecule has 0 aliphatic carbocycles. The Morgan fingerprint density at radius 1 is 0.667 bits per heavy atom. The van der Waals surface area contributed by atoms with E-state index >= 15 is 0 Å². The molecular formula is C41H42N4. The molecule has 0 aliphatic heterocycles. The summed E-state index contributed by atoms with van der Waals surface area (Å²) in [7, 11) is 0. The van der Waals surface area contributed by atoms with E-state index in [1.807, 2.05) is 6.20 Å². The number of imidazole rings is 1. The zero-order chi connectivity index (χ0) is 31.7. The Hall–Kier alpha value is -4.70. The number of nitrogens with one attached hydrogen (secondary N) is 1. The first-order valence-corrected chi connectivity index (χ1v) is 16.0. The molecule has 45 heavy (non-hydrogen) atoms. The van der Waals surface area contributed by atoms with Crippen molar-refractivity contribution in [2.75, 3.05) is 0 Å². The van der Waals surface area contributed by atoms with Gasteiger partial charge in [0.25, 0.3) is 0 Å². The van der Waals surface area contributed by atoms with Crippen molar-refractivity contribution in [2.45, 2.75) is 72.3 Å². The van der Waals surface area contributed by atoms with Crippen LogP contribution >= 0.6 is 0 Å². The maximum atomic E-state index is 5.50.